The monoisotopic (exact) mass is 657 g/mol. The summed E-state index contributed by atoms with van der Waals surface area (Å²) in [5.41, 5.74) is 4.20. The zero-order valence-corrected chi connectivity index (χ0v) is 27.7. The molecule has 4 aromatic rings. The number of hydrogen-bond donors (Lipinski definition) is 1. The number of carbonyl (C=O) groups excluding carboxylic acids is 2. The van der Waals surface area contributed by atoms with Gasteiger partial charge in [0.05, 0.1) is 24.8 Å². The first kappa shape index (κ1) is 31.6. The quantitative estimate of drug-likeness (QED) is 0.0585. The Labute approximate surface area is 276 Å². The minimum atomic E-state index is -0.981. The molecule has 1 aromatic heterocycles. The van der Waals surface area contributed by atoms with Crippen molar-refractivity contribution in [2.24, 2.45) is 0 Å². The average Bonchev–Trinajstić information content (AvgIpc) is 3.74. The number of anilines is 1. The molecule has 2 aliphatic rings. The predicted molar refractivity (Wildman–Crippen MR) is 179 cm³/mol. The van der Waals surface area contributed by atoms with Crippen LogP contribution in [0.5, 0.6) is 17.2 Å². The molecular formula is C35H35N3O6S2. The van der Waals surface area contributed by atoms with Crippen LogP contribution >= 0.6 is 23.1 Å². The molecule has 0 radical (unpaired) electrons. The Bertz CT molecular complexity index is 1800. The van der Waals surface area contributed by atoms with Crippen molar-refractivity contribution in [1.82, 2.24) is 10.2 Å². The van der Waals surface area contributed by atoms with E-state index in [1.54, 1.807) is 30.3 Å². The van der Waals surface area contributed by atoms with Gasteiger partial charge in [-0.05, 0) is 74.2 Å². The fourth-order valence-electron chi connectivity index (χ4n) is 5.55. The minimum absolute atomic E-state index is 0.0129. The molecule has 0 aliphatic carbocycles. The summed E-state index contributed by atoms with van der Waals surface area (Å²) in [5.74, 6) is 0.596. The van der Waals surface area contributed by atoms with Crippen LogP contribution in [-0.4, -0.2) is 46.3 Å². The van der Waals surface area contributed by atoms with Crippen LogP contribution in [0.4, 0.5) is 5.13 Å². The van der Waals surface area contributed by atoms with Gasteiger partial charge in [-0.1, -0.05) is 65.9 Å². The van der Waals surface area contributed by atoms with Crippen LogP contribution in [0.3, 0.4) is 0 Å². The lowest BCUT2D eigenvalue weighted by Gasteiger charge is -2.23. The Morgan fingerprint density at radius 3 is 2.61 bits per heavy atom. The summed E-state index contributed by atoms with van der Waals surface area (Å²) in [6, 6.07) is 17.9. The molecule has 46 heavy (non-hydrogen) atoms. The van der Waals surface area contributed by atoms with Crippen molar-refractivity contribution in [1.29, 1.82) is 0 Å². The summed E-state index contributed by atoms with van der Waals surface area (Å²) in [4.78, 5) is 28.9. The number of ether oxygens (including phenoxy) is 3. The van der Waals surface area contributed by atoms with Crippen LogP contribution in [0, 0.1) is 6.92 Å². The highest BCUT2D eigenvalue weighted by atomic mass is 32.2. The molecule has 11 heteroatoms. The molecule has 1 N–H and O–H groups in total. The maximum Gasteiger partial charge on any atom is 0.301 e. The molecule has 2 aliphatic heterocycles. The Morgan fingerprint density at radius 1 is 1.04 bits per heavy atom. The molecule has 238 valence electrons. The summed E-state index contributed by atoms with van der Waals surface area (Å²) in [6.07, 6.45) is 1.51. The second-order valence-electron chi connectivity index (χ2n) is 11.2. The van der Waals surface area contributed by atoms with Gasteiger partial charge in [0, 0.05) is 17.7 Å². The normalized spacial score (nSPS) is 18.5. The number of hydrogen-bond acceptors (Lipinski definition) is 10. The molecule has 3 heterocycles. The van der Waals surface area contributed by atoms with Gasteiger partial charge in [-0.15, -0.1) is 10.2 Å². The van der Waals surface area contributed by atoms with Crippen molar-refractivity contribution in [3.05, 3.63) is 94.1 Å². The van der Waals surface area contributed by atoms with Gasteiger partial charge in [-0.2, -0.15) is 0 Å². The number of nitrogens with zero attached hydrogens (tertiary/aromatic N) is 3. The smallest absolute Gasteiger partial charge is 0.301 e. The maximum atomic E-state index is 13.8. The van der Waals surface area contributed by atoms with Crippen molar-refractivity contribution in [3.8, 4) is 17.2 Å². The van der Waals surface area contributed by atoms with E-state index in [-0.39, 0.29) is 22.6 Å². The molecule has 1 saturated heterocycles. The van der Waals surface area contributed by atoms with Crippen LogP contribution in [0.15, 0.2) is 70.6 Å². The zero-order chi connectivity index (χ0) is 32.4. The van der Waals surface area contributed by atoms with Gasteiger partial charge in [-0.3, -0.25) is 14.5 Å². The molecule has 1 amide bonds. The lowest BCUT2D eigenvalue weighted by atomic mass is 9.94. The van der Waals surface area contributed by atoms with Crippen molar-refractivity contribution < 1.29 is 28.9 Å². The average molecular weight is 658 g/mol. The lowest BCUT2D eigenvalue weighted by Crippen LogP contribution is -2.29. The van der Waals surface area contributed by atoms with Crippen LogP contribution in [0.1, 0.15) is 61.1 Å². The van der Waals surface area contributed by atoms with Crippen molar-refractivity contribution in [2.75, 3.05) is 18.1 Å². The lowest BCUT2D eigenvalue weighted by molar-refractivity contribution is -0.132. The number of aliphatic hydroxyl groups is 1. The summed E-state index contributed by atoms with van der Waals surface area (Å²) in [7, 11) is 0. The van der Waals surface area contributed by atoms with E-state index in [0.717, 1.165) is 23.3 Å². The number of aryl methyl sites for hydroxylation is 1. The molecule has 0 bridgehead atoms. The number of fused-ring (bicyclic) bond motifs is 1. The van der Waals surface area contributed by atoms with Crippen molar-refractivity contribution >= 4 is 45.7 Å². The predicted octanol–water partition coefficient (Wildman–Crippen LogP) is 7.28. The summed E-state index contributed by atoms with van der Waals surface area (Å²) in [6.45, 7) is 8.80. The first-order chi connectivity index (χ1) is 22.3. The van der Waals surface area contributed by atoms with Crippen LogP contribution in [0.25, 0.3) is 5.76 Å². The molecule has 2 atom stereocenters. The zero-order valence-electron chi connectivity index (χ0n) is 26.1. The Morgan fingerprint density at radius 2 is 1.85 bits per heavy atom. The number of aromatic nitrogens is 2. The van der Waals surface area contributed by atoms with Gasteiger partial charge in [0.25, 0.3) is 5.78 Å². The maximum absolute atomic E-state index is 13.8. The molecule has 1 fully saturated rings. The minimum Gasteiger partial charge on any atom is -0.507 e. The third kappa shape index (κ3) is 6.34. The van der Waals surface area contributed by atoms with Gasteiger partial charge in [0.1, 0.15) is 17.6 Å². The summed E-state index contributed by atoms with van der Waals surface area (Å²) in [5, 5.41) is 20.7. The highest BCUT2D eigenvalue weighted by Gasteiger charge is 2.48. The second kappa shape index (κ2) is 13.6. The number of carbonyl (C=O) groups is 2. The molecular weight excluding hydrogens is 623 g/mol. The molecule has 0 unspecified atom stereocenters. The van der Waals surface area contributed by atoms with Gasteiger partial charge in [0.15, 0.2) is 15.8 Å². The number of rotatable bonds is 11. The number of thioether (sulfide) groups is 1. The van der Waals surface area contributed by atoms with Crippen molar-refractivity contribution in [2.45, 2.75) is 62.8 Å². The van der Waals surface area contributed by atoms with Gasteiger partial charge >= 0.3 is 5.91 Å². The van der Waals surface area contributed by atoms with Gasteiger partial charge in [0.2, 0.25) is 5.13 Å². The molecule has 3 aromatic carbocycles. The number of aliphatic hydroxyl groups excluding tert-OH is 1. The molecule has 9 nitrogen and oxygen atoms in total. The third-order valence-electron chi connectivity index (χ3n) is 7.74. The van der Waals surface area contributed by atoms with Crippen molar-refractivity contribution in [3.63, 3.8) is 0 Å². The van der Waals surface area contributed by atoms with Crippen LogP contribution in [-0.2, 0) is 21.8 Å². The number of benzene rings is 3. The largest absolute Gasteiger partial charge is 0.507 e. The van der Waals surface area contributed by atoms with E-state index in [4.69, 9.17) is 14.2 Å². The summed E-state index contributed by atoms with van der Waals surface area (Å²) >= 11 is 2.73. The molecule has 0 saturated carbocycles. The first-order valence-electron chi connectivity index (χ1n) is 15.3. The highest BCUT2D eigenvalue weighted by molar-refractivity contribution is 8.00. The van der Waals surface area contributed by atoms with Gasteiger partial charge in [-0.25, -0.2) is 0 Å². The van der Waals surface area contributed by atoms with Gasteiger partial charge < -0.3 is 19.3 Å². The van der Waals surface area contributed by atoms with Crippen LogP contribution < -0.4 is 19.1 Å². The van der Waals surface area contributed by atoms with E-state index in [1.807, 2.05) is 33.8 Å². The number of ketones is 1. The van der Waals surface area contributed by atoms with E-state index in [0.29, 0.717) is 52.4 Å². The van der Waals surface area contributed by atoms with E-state index in [2.05, 4.69) is 34.5 Å². The topological polar surface area (TPSA) is 111 Å². The number of amides is 1. The van der Waals surface area contributed by atoms with E-state index >= 15 is 0 Å². The Balaban J connectivity index is 1.42. The first-order valence-corrected chi connectivity index (χ1v) is 17.1. The SMILES string of the molecule is CCCOc1ccc([C@H]2C(=C(O)c3ccc4c(c3)C[C@@H](C)O4)C(=O)C(=O)N2c2nnc(SCc3ccc(C)cc3)s2)cc1OCC. The highest BCUT2D eigenvalue weighted by Crippen LogP contribution is 2.46. The summed E-state index contributed by atoms with van der Waals surface area (Å²) < 4.78 is 18.3. The van der Waals surface area contributed by atoms with E-state index < -0.39 is 17.7 Å². The Kier molecular flexibility index (Phi) is 9.32. The van der Waals surface area contributed by atoms with E-state index in [9.17, 15) is 14.7 Å². The number of Topliss-reactive ketones (excluding diaryl/α,β-unsaturated/α-hetero) is 1. The molecule has 0 spiro atoms. The standard InChI is InChI=1S/C35H35N3O6S2/c1-5-15-43-27-14-11-23(18-28(27)42-6-2)30-29(31(39)24-12-13-26-25(17-24)16-21(4)44-26)32(40)33(41)38(30)34-36-37-35(46-34)45-19-22-9-7-20(3)8-10-22/h7-14,17-18,21,30,39H,5-6,15-16,19H2,1-4H3/t21-,30+/m1/s1. The van der Waals surface area contributed by atoms with E-state index in [1.165, 1.54) is 33.6 Å². The Hall–Kier alpha value is -4.35. The fourth-order valence-corrected chi connectivity index (χ4v) is 7.38. The third-order valence-corrected chi connectivity index (χ3v) is 9.87. The second-order valence-corrected chi connectivity index (χ2v) is 13.4. The fraction of sp³-hybridized carbons (Fsp3) is 0.314. The van der Waals surface area contributed by atoms with Crippen LogP contribution in [0.2, 0.25) is 0 Å². The molecule has 6 rings (SSSR count).